The number of hydrogen-bond acceptors (Lipinski definition) is 5. The Kier molecular flexibility index (Phi) is 4.28. The van der Waals surface area contributed by atoms with Gasteiger partial charge in [-0.15, -0.1) is 0 Å². The Hall–Kier alpha value is -3.22. The minimum absolute atomic E-state index is 0.241. The number of benzene rings is 1. The van der Waals surface area contributed by atoms with E-state index in [9.17, 15) is 4.79 Å². The van der Waals surface area contributed by atoms with Gasteiger partial charge in [0.1, 0.15) is 29.7 Å². The Morgan fingerprint density at radius 3 is 2.91 bits per heavy atom. The second kappa shape index (κ2) is 6.69. The number of hydrogen-bond donors (Lipinski definition) is 2. The van der Waals surface area contributed by atoms with Gasteiger partial charge in [-0.1, -0.05) is 36.9 Å². The molecule has 2 N–H and O–H groups in total. The van der Waals surface area contributed by atoms with Gasteiger partial charge < -0.3 is 10.1 Å². The normalized spacial score (nSPS) is 10.4. The molecular weight excluding hydrogens is 294 g/mol. The van der Waals surface area contributed by atoms with Gasteiger partial charge in [0.2, 0.25) is 11.8 Å². The molecule has 0 aliphatic heterocycles. The molecule has 1 amide bonds. The van der Waals surface area contributed by atoms with E-state index in [1.165, 1.54) is 12.4 Å². The van der Waals surface area contributed by atoms with E-state index in [1.54, 1.807) is 0 Å². The highest BCUT2D eigenvalue weighted by atomic mass is 16.5. The highest BCUT2D eigenvalue weighted by Gasteiger charge is 2.14. The van der Waals surface area contributed by atoms with Crippen LogP contribution in [0.5, 0.6) is 5.88 Å². The summed E-state index contributed by atoms with van der Waals surface area (Å²) in [5, 5.41) is 9.85. The monoisotopic (exact) mass is 309 g/mol. The van der Waals surface area contributed by atoms with Crippen LogP contribution in [0.1, 0.15) is 0 Å². The van der Waals surface area contributed by atoms with Crippen LogP contribution in [-0.4, -0.2) is 39.2 Å². The maximum atomic E-state index is 11.1. The van der Waals surface area contributed by atoms with Crippen molar-refractivity contribution < 1.29 is 9.53 Å². The first-order chi connectivity index (χ1) is 11.3. The Balaban J connectivity index is 1.79. The largest absolute Gasteiger partial charge is 0.474 e. The molecule has 0 spiro atoms. The van der Waals surface area contributed by atoms with E-state index in [-0.39, 0.29) is 12.5 Å². The van der Waals surface area contributed by atoms with E-state index < -0.39 is 0 Å². The van der Waals surface area contributed by atoms with Crippen LogP contribution in [0.3, 0.4) is 0 Å². The number of ether oxygens (including phenoxy) is 1. The second-order valence-electron chi connectivity index (χ2n) is 4.68. The zero-order valence-electron chi connectivity index (χ0n) is 12.3. The molecule has 0 unspecified atom stereocenters. The summed E-state index contributed by atoms with van der Waals surface area (Å²) < 4.78 is 5.59. The predicted octanol–water partition coefficient (Wildman–Crippen LogP) is 1.70. The molecule has 116 valence electrons. The third kappa shape index (κ3) is 3.18. The molecule has 23 heavy (non-hydrogen) atoms. The standard InChI is InChI=1S/C16H15N5O2/c1-2-12(22)17-8-9-23-16-15-14(18-10-19-16)13(20-21-15)11-6-4-3-5-7-11/h2-7,10H,1,8-9H2,(H,17,22)(H,20,21). The Bertz CT molecular complexity index is 829. The molecule has 7 heteroatoms. The molecule has 2 heterocycles. The third-order valence-corrected chi connectivity index (χ3v) is 3.19. The summed E-state index contributed by atoms with van der Waals surface area (Å²) >= 11 is 0. The van der Waals surface area contributed by atoms with Crippen LogP contribution in [0.2, 0.25) is 0 Å². The molecule has 0 aliphatic rings. The number of nitrogens with one attached hydrogen (secondary N) is 2. The van der Waals surface area contributed by atoms with Crippen LogP contribution >= 0.6 is 0 Å². The average Bonchev–Trinajstić information content (AvgIpc) is 3.04. The van der Waals surface area contributed by atoms with Crippen molar-refractivity contribution in [2.75, 3.05) is 13.2 Å². The first kappa shape index (κ1) is 14.7. The molecule has 1 aromatic carbocycles. The van der Waals surface area contributed by atoms with Crippen LogP contribution in [0.25, 0.3) is 22.3 Å². The number of amides is 1. The van der Waals surface area contributed by atoms with Crippen LogP contribution in [-0.2, 0) is 4.79 Å². The lowest BCUT2D eigenvalue weighted by atomic mass is 10.1. The Labute approximate surface area is 132 Å². The number of aromatic nitrogens is 4. The predicted molar refractivity (Wildman–Crippen MR) is 85.8 cm³/mol. The number of carbonyl (C=O) groups excluding carboxylic acids is 1. The quantitative estimate of drug-likeness (QED) is 0.534. The van der Waals surface area contributed by atoms with Crippen molar-refractivity contribution in [1.82, 2.24) is 25.5 Å². The molecule has 0 atom stereocenters. The fraction of sp³-hybridized carbons (Fsp3) is 0.125. The van der Waals surface area contributed by atoms with Gasteiger partial charge in [-0.05, 0) is 6.08 Å². The second-order valence-corrected chi connectivity index (χ2v) is 4.68. The maximum absolute atomic E-state index is 11.1. The Morgan fingerprint density at radius 1 is 1.30 bits per heavy atom. The first-order valence-corrected chi connectivity index (χ1v) is 7.07. The minimum Gasteiger partial charge on any atom is -0.474 e. The van der Waals surface area contributed by atoms with Gasteiger partial charge in [-0.3, -0.25) is 9.89 Å². The lowest BCUT2D eigenvalue weighted by Crippen LogP contribution is -2.26. The summed E-state index contributed by atoms with van der Waals surface area (Å²) in [6.45, 7) is 4.02. The zero-order chi connectivity index (χ0) is 16.1. The van der Waals surface area contributed by atoms with Crippen molar-refractivity contribution in [3.63, 3.8) is 0 Å². The lowest BCUT2D eigenvalue weighted by Gasteiger charge is -2.06. The molecule has 0 bridgehead atoms. The van der Waals surface area contributed by atoms with Crippen molar-refractivity contribution in [1.29, 1.82) is 0 Å². The van der Waals surface area contributed by atoms with Crippen LogP contribution in [0.15, 0.2) is 49.3 Å². The SMILES string of the molecule is C=CC(=O)NCCOc1ncnc2c(-c3ccccc3)n[nH]c12. The van der Waals surface area contributed by atoms with Gasteiger partial charge in [0.15, 0.2) is 0 Å². The molecule has 3 aromatic rings. The van der Waals surface area contributed by atoms with Crippen molar-refractivity contribution >= 4 is 16.9 Å². The highest BCUT2D eigenvalue weighted by Crippen LogP contribution is 2.27. The number of nitrogens with zero attached hydrogens (tertiary/aromatic N) is 3. The molecule has 0 aliphatic carbocycles. The summed E-state index contributed by atoms with van der Waals surface area (Å²) in [6.07, 6.45) is 2.64. The molecule has 2 aromatic heterocycles. The smallest absolute Gasteiger partial charge is 0.243 e. The maximum Gasteiger partial charge on any atom is 0.243 e. The summed E-state index contributed by atoms with van der Waals surface area (Å²) in [5.41, 5.74) is 3.02. The molecule has 0 radical (unpaired) electrons. The molecule has 0 saturated carbocycles. The average molecular weight is 309 g/mol. The first-order valence-electron chi connectivity index (χ1n) is 7.07. The van der Waals surface area contributed by atoms with E-state index in [0.717, 1.165) is 11.3 Å². The van der Waals surface area contributed by atoms with E-state index in [0.29, 0.717) is 23.5 Å². The molecule has 0 fully saturated rings. The molecule has 7 nitrogen and oxygen atoms in total. The molecular formula is C16H15N5O2. The van der Waals surface area contributed by atoms with E-state index in [2.05, 4.69) is 32.1 Å². The van der Waals surface area contributed by atoms with Gasteiger partial charge in [0.05, 0.1) is 6.54 Å². The molecule has 0 saturated heterocycles. The van der Waals surface area contributed by atoms with Gasteiger partial charge >= 0.3 is 0 Å². The van der Waals surface area contributed by atoms with E-state index >= 15 is 0 Å². The van der Waals surface area contributed by atoms with Crippen molar-refractivity contribution in [3.8, 4) is 17.1 Å². The van der Waals surface area contributed by atoms with E-state index in [1.807, 2.05) is 30.3 Å². The Morgan fingerprint density at radius 2 is 2.13 bits per heavy atom. The van der Waals surface area contributed by atoms with Crippen molar-refractivity contribution in [2.45, 2.75) is 0 Å². The number of carbonyl (C=O) groups is 1. The summed E-state index contributed by atoms with van der Waals surface area (Å²) in [7, 11) is 0. The van der Waals surface area contributed by atoms with Crippen LogP contribution in [0, 0.1) is 0 Å². The van der Waals surface area contributed by atoms with Gasteiger partial charge in [-0.25, -0.2) is 4.98 Å². The fourth-order valence-electron chi connectivity index (χ4n) is 2.12. The summed E-state index contributed by atoms with van der Waals surface area (Å²) in [6, 6.07) is 9.75. The third-order valence-electron chi connectivity index (χ3n) is 3.19. The van der Waals surface area contributed by atoms with Gasteiger partial charge in [0, 0.05) is 5.56 Å². The number of aromatic amines is 1. The summed E-state index contributed by atoms with van der Waals surface area (Å²) in [4.78, 5) is 19.5. The van der Waals surface area contributed by atoms with Crippen molar-refractivity contribution in [2.24, 2.45) is 0 Å². The van der Waals surface area contributed by atoms with Gasteiger partial charge in [-0.2, -0.15) is 10.1 Å². The fourth-order valence-corrected chi connectivity index (χ4v) is 2.12. The number of H-pyrrole nitrogens is 1. The van der Waals surface area contributed by atoms with Crippen molar-refractivity contribution in [3.05, 3.63) is 49.3 Å². The van der Waals surface area contributed by atoms with E-state index in [4.69, 9.17) is 4.74 Å². The topological polar surface area (TPSA) is 92.8 Å². The van der Waals surface area contributed by atoms with Crippen LogP contribution in [0.4, 0.5) is 0 Å². The lowest BCUT2D eigenvalue weighted by molar-refractivity contribution is -0.116. The number of rotatable bonds is 6. The zero-order valence-corrected chi connectivity index (χ0v) is 12.3. The van der Waals surface area contributed by atoms with Gasteiger partial charge in [0.25, 0.3) is 0 Å². The number of fused-ring (bicyclic) bond motifs is 1. The molecule has 3 rings (SSSR count). The summed E-state index contributed by atoms with van der Waals surface area (Å²) in [5.74, 6) is 0.159. The highest BCUT2D eigenvalue weighted by molar-refractivity contribution is 5.91. The minimum atomic E-state index is -0.241. The van der Waals surface area contributed by atoms with Crippen LogP contribution < -0.4 is 10.1 Å².